The van der Waals surface area contributed by atoms with Crippen LogP contribution in [0.4, 0.5) is 10.3 Å². The number of anilines is 1. The summed E-state index contributed by atoms with van der Waals surface area (Å²) in [4.78, 5) is 15.7. The summed E-state index contributed by atoms with van der Waals surface area (Å²) in [7, 11) is 1.83. The van der Waals surface area contributed by atoms with Crippen LogP contribution in [0.25, 0.3) is 11.0 Å². The molecule has 0 fully saturated rings. The van der Waals surface area contributed by atoms with Crippen molar-refractivity contribution in [1.82, 2.24) is 15.0 Å². The van der Waals surface area contributed by atoms with Crippen molar-refractivity contribution in [3.05, 3.63) is 58.4 Å². The molecule has 8 heteroatoms. The third kappa shape index (κ3) is 2.91. The number of hydroxylamine groups is 1. The number of carbonyl (C=O) groups is 1. The van der Waals surface area contributed by atoms with Crippen LogP contribution in [0.5, 0.6) is 0 Å². The number of nitrogens with one attached hydrogen (secondary N) is 2. The molecule has 0 aliphatic rings. The highest BCUT2D eigenvalue weighted by Gasteiger charge is 2.12. The molecule has 0 saturated heterocycles. The van der Waals surface area contributed by atoms with Crippen LogP contribution in [-0.4, -0.2) is 20.7 Å². The first-order valence-electron chi connectivity index (χ1n) is 7.09. The topological polar surface area (TPSA) is 79.2 Å². The number of aryl methyl sites for hydroxylation is 1. The number of amides is 1. The van der Waals surface area contributed by atoms with Crippen molar-refractivity contribution in [2.45, 2.75) is 6.54 Å². The van der Waals surface area contributed by atoms with Crippen LogP contribution >= 0.6 is 11.6 Å². The number of fused-ring (bicyclic) bond motifs is 1. The fourth-order valence-corrected chi connectivity index (χ4v) is 2.62. The van der Waals surface area contributed by atoms with Gasteiger partial charge < -0.3 is 9.88 Å². The van der Waals surface area contributed by atoms with Crippen molar-refractivity contribution in [3.8, 4) is 0 Å². The number of para-hydroxylation sites is 1. The number of rotatable bonds is 4. The van der Waals surface area contributed by atoms with Gasteiger partial charge in [-0.2, -0.15) is 0 Å². The highest BCUT2D eigenvalue weighted by molar-refractivity contribution is 6.35. The standard InChI is InChI=1S/C16H14ClFN4O2/c1-22-13-4-2-3-11(17)14(13)20-16(22)19-8-10-6-5-9(7-12(10)18)15(23)21-24/h2-7,24H,8H2,1H3,(H,19,20)(H,21,23). The Balaban J connectivity index is 1.82. The Morgan fingerprint density at radius 2 is 2.17 bits per heavy atom. The second-order valence-corrected chi connectivity index (χ2v) is 5.61. The number of nitrogens with zero attached hydrogens (tertiary/aromatic N) is 2. The van der Waals surface area contributed by atoms with Crippen LogP contribution < -0.4 is 10.8 Å². The molecule has 1 aromatic heterocycles. The number of hydrogen-bond donors (Lipinski definition) is 3. The summed E-state index contributed by atoms with van der Waals surface area (Å²) in [5.41, 5.74) is 3.39. The van der Waals surface area contributed by atoms with Crippen molar-refractivity contribution < 1.29 is 14.4 Å². The predicted molar refractivity (Wildman–Crippen MR) is 88.7 cm³/mol. The van der Waals surface area contributed by atoms with Gasteiger partial charge in [0, 0.05) is 24.7 Å². The number of hydrogen-bond acceptors (Lipinski definition) is 4. The largest absolute Gasteiger partial charge is 0.351 e. The van der Waals surface area contributed by atoms with Gasteiger partial charge in [0.15, 0.2) is 0 Å². The van der Waals surface area contributed by atoms with Gasteiger partial charge in [0.05, 0.1) is 10.5 Å². The van der Waals surface area contributed by atoms with E-state index in [1.807, 2.05) is 23.7 Å². The Morgan fingerprint density at radius 3 is 2.83 bits per heavy atom. The van der Waals surface area contributed by atoms with Gasteiger partial charge in [0.2, 0.25) is 5.95 Å². The predicted octanol–water partition coefficient (Wildman–Crippen LogP) is 3.10. The number of carbonyl (C=O) groups excluding carboxylic acids is 1. The molecule has 0 aliphatic carbocycles. The number of halogens is 2. The Bertz CT molecular complexity index is 926. The molecule has 1 amide bonds. The van der Waals surface area contributed by atoms with E-state index in [1.165, 1.54) is 17.6 Å². The maximum atomic E-state index is 14.1. The molecule has 0 bridgehead atoms. The van der Waals surface area contributed by atoms with Crippen LogP contribution in [0, 0.1) is 5.82 Å². The fraction of sp³-hybridized carbons (Fsp3) is 0.125. The quantitative estimate of drug-likeness (QED) is 0.500. The van der Waals surface area contributed by atoms with Gasteiger partial charge in [-0.05, 0) is 24.3 Å². The van der Waals surface area contributed by atoms with E-state index in [4.69, 9.17) is 16.8 Å². The smallest absolute Gasteiger partial charge is 0.274 e. The van der Waals surface area contributed by atoms with Gasteiger partial charge >= 0.3 is 0 Å². The molecule has 0 radical (unpaired) electrons. The Morgan fingerprint density at radius 1 is 1.38 bits per heavy atom. The first-order chi connectivity index (χ1) is 11.5. The van der Waals surface area contributed by atoms with E-state index in [0.717, 1.165) is 11.6 Å². The van der Waals surface area contributed by atoms with E-state index in [0.29, 0.717) is 22.1 Å². The zero-order valence-corrected chi connectivity index (χ0v) is 13.4. The first kappa shape index (κ1) is 16.2. The van der Waals surface area contributed by atoms with E-state index < -0.39 is 11.7 Å². The zero-order valence-electron chi connectivity index (χ0n) is 12.7. The molecule has 3 aromatic rings. The number of benzene rings is 2. The van der Waals surface area contributed by atoms with Gasteiger partial charge in [-0.25, -0.2) is 14.9 Å². The second-order valence-electron chi connectivity index (χ2n) is 5.20. The molecule has 0 spiro atoms. The van der Waals surface area contributed by atoms with Gasteiger partial charge in [-0.15, -0.1) is 0 Å². The average molecular weight is 349 g/mol. The Labute approximate surface area is 141 Å². The minimum atomic E-state index is -0.765. The zero-order chi connectivity index (χ0) is 17.3. The molecule has 3 N–H and O–H groups in total. The molecule has 3 rings (SSSR count). The third-order valence-electron chi connectivity index (χ3n) is 3.72. The Hall–Kier alpha value is -2.64. The van der Waals surface area contributed by atoms with E-state index in [-0.39, 0.29) is 12.1 Å². The maximum absolute atomic E-state index is 14.1. The highest BCUT2D eigenvalue weighted by atomic mass is 35.5. The van der Waals surface area contributed by atoms with Crippen LogP contribution in [0.15, 0.2) is 36.4 Å². The normalized spacial score (nSPS) is 10.8. The lowest BCUT2D eigenvalue weighted by Crippen LogP contribution is -2.19. The van der Waals surface area contributed by atoms with Crippen molar-refractivity contribution in [3.63, 3.8) is 0 Å². The van der Waals surface area contributed by atoms with Gasteiger partial charge in [0.1, 0.15) is 11.3 Å². The molecular formula is C16H14ClFN4O2. The summed E-state index contributed by atoms with van der Waals surface area (Å²) in [5, 5.41) is 12.2. The fourth-order valence-electron chi connectivity index (χ4n) is 2.41. The molecule has 0 aliphatic heterocycles. The van der Waals surface area contributed by atoms with E-state index in [1.54, 1.807) is 6.07 Å². The molecular weight excluding hydrogens is 335 g/mol. The van der Waals surface area contributed by atoms with E-state index in [9.17, 15) is 9.18 Å². The molecule has 0 atom stereocenters. The SMILES string of the molecule is Cn1c(NCc2ccc(C(=O)NO)cc2F)nc2c(Cl)cccc21. The number of imidazole rings is 1. The van der Waals surface area contributed by atoms with E-state index in [2.05, 4.69) is 10.3 Å². The highest BCUT2D eigenvalue weighted by Crippen LogP contribution is 2.25. The van der Waals surface area contributed by atoms with Crippen molar-refractivity contribution in [2.24, 2.45) is 7.05 Å². The maximum Gasteiger partial charge on any atom is 0.274 e. The molecule has 1 heterocycles. The lowest BCUT2D eigenvalue weighted by Gasteiger charge is -2.08. The average Bonchev–Trinajstić information content (AvgIpc) is 2.91. The van der Waals surface area contributed by atoms with Crippen LogP contribution in [0.3, 0.4) is 0 Å². The molecule has 124 valence electrons. The van der Waals surface area contributed by atoms with Crippen LogP contribution in [-0.2, 0) is 13.6 Å². The molecule has 0 saturated carbocycles. The van der Waals surface area contributed by atoms with Gasteiger partial charge in [-0.1, -0.05) is 23.7 Å². The second kappa shape index (κ2) is 6.46. The molecule has 6 nitrogen and oxygen atoms in total. The molecule has 2 aromatic carbocycles. The van der Waals surface area contributed by atoms with Crippen molar-refractivity contribution in [1.29, 1.82) is 0 Å². The molecule has 0 unspecified atom stereocenters. The van der Waals surface area contributed by atoms with Gasteiger partial charge in [-0.3, -0.25) is 10.0 Å². The molecule has 24 heavy (non-hydrogen) atoms. The Kier molecular flexibility index (Phi) is 4.37. The number of aromatic nitrogens is 2. The first-order valence-corrected chi connectivity index (χ1v) is 7.46. The minimum Gasteiger partial charge on any atom is -0.351 e. The third-order valence-corrected chi connectivity index (χ3v) is 4.02. The lowest BCUT2D eigenvalue weighted by atomic mass is 10.1. The minimum absolute atomic E-state index is 0.0354. The summed E-state index contributed by atoms with van der Waals surface area (Å²) in [5.74, 6) is -0.770. The van der Waals surface area contributed by atoms with Crippen LogP contribution in [0.2, 0.25) is 5.02 Å². The summed E-state index contributed by atoms with van der Waals surface area (Å²) < 4.78 is 15.9. The summed E-state index contributed by atoms with van der Waals surface area (Å²) in [6.45, 7) is 0.182. The van der Waals surface area contributed by atoms with Crippen LogP contribution in [0.1, 0.15) is 15.9 Å². The summed E-state index contributed by atoms with van der Waals surface area (Å²) in [6, 6.07) is 9.45. The summed E-state index contributed by atoms with van der Waals surface area (Å²) >= 11 is 6.12. The van der Waals surface area contributed by atoms with Gasteiger partial charge in [0.25, 0.3) is 5.91 Å². The summed E-state index contributed by atoms with van der Waals surface area (Å²) in [6.07, 6.45) is 0. The van der Waals surface area contributed by atoms with Crippen molar-refractivity contribution in [2.75, 3.05) is 5.32 Å². The lowest BCUT2D eigenvalue weighted by molar-refractivity contribution is 0.0706. The monoisotopic (exact) mass is 348 g/mol. The van der Waals surface area contributed by atoms with Crippen molar-refractivity contribution >= 4 is 34.5 Å². The van der Waals surface area contributed by atoms with E-state index >= 15 is 0 Å².